The highest BCUT2D eigenvalue weighted by atomic mass is 16.5. The number of methoxy groups -OCH3 is 1. The van der Waals surface area contributed by atoms with E-state index in [4.69, 9.17) is 4.74 Å². The lowest BCUT2D eigenvalue weighted by atomic mass is 9.73. The van der Waals surface area contributed by atoms with E-state index in [1.165, 1.54) is 32.1 Å². The van der Waals surface area contributed by atoms with Gasteiger partial charge in [0.15, 0.2) is 0 Å². The summed E-state index contributed by atoms with van der Waals surface area (Å²) >= 11 is 0. The van der Waals surface area contributed by atoms with Gasteiger partial charge in [0.1, 0.15) is 0 Å². The Morgan fingerprint density at radius 2 is 1.56 bits per heavy atom. The Hall–Kier alpha value is -0.0800. The van der Waals surface area contributed by atoms with Gasteiger partial charge >= 0.3 is 0 Å². The normalized spacial score (nSPS) is 39.4. The Morgan fingerprint density at radius 3 is 2.00 bits per heavy atom. The molecule has 4 atom stereocenters. The SMILES string of the molecule is COC(C1CC1)C(O)C1CC(C)CC(C)C1. The van der Waals surface area contributed by atoms with Crippen LogP contribution in [0.3, 0.4) is 0 Å². The van der Waals surface area contributed by atoms with Crippen molar-refractivity contribution in [2.45, 2.75) is 58.2 Å². The molecule has 0 bridgehead atoms. The molecule has 94 valence electrons. The zero-order valence-electron chi connectivity index (χ0n) is 10.9. The lowest BCUT2D eigenvalue weighted by Gasteiger charge is -2.37. The van der Waals surface area contributed by atoms with Gasteiger partial charge in [0.2, 0.25) is 0 Å². The molecule has 2 rings (SSSR count). The van der Waals surface area contributed by atoms with E-state index in [1.807, 2.05) is 0 Å². The van der Waals surface area contributed by atoms with Crippen LogP contribution in [0, 0.1) is 23.7 Å². The van der Waals surface area contributed by atoms with Gasteiger partial charge in [-0.15, -0.1) is 0 Å². The van der Waals surface area contributed by atoms with Crippen LogP contribution in [0.4, 0.5) is 0 Å². The molecule has 0 aromatic heterocycles. The molecule has 2 fully saturated rings. The molecule has 0 aromatic rings. The first-order valence-electron chi connectivity index (χ1n) is 6.82. The van der Waals surface area contributed by atoms with E-state index in [2.05, 4.69) is 13.8 Å². The number of aliphatic hydroxyl groups is 1. The van der Waals surface area contributed by atoms with Crippen LogP contribution in [-0.2, 0) is 4.74 Å². The smallest absolute Gasteiger partial charge is 0.0860 e. The second kappa shape index (κ2) is 5.05. The van der Waals surface area contributed by atoms with Gasteiger partial charge in [-0.05, 0) is 55.8 Å². The Kier molecular flexibility index (Phi) is 3.91. The monoisotopic (exact) mass is 226 g/mol. The average Bonchev–Trinajstić information content (AvgIpc) is 3.01. The fourth-order valence-electron chi connectivity index (χ4n) is 3.59. The standard InChI is InChI=1S/C14H26O2/c1-9-6-10(2)8-12(7-9)13(15)14(16-3)11-4-5-11/h9-15H,4-8H2,1-3H3. The molecule has 2 saturated carbocycles. The van der Waals surface area contributed by atoms with E-state index < -0.39 is 0 Å². The molecular formula is C14H26O2. The zero-order chi connectivity index (χ0) is 11.7. The van der Waals surface area contributed by atoms with Crippen molar-refractivity contribution in [2.75, 3.05) is 7.11 Å². The maximum atomic E-state index is 10.5. The topological polar surface area (TPSA) is 29.5 Å². The van der Waals surface area contributed by atoms with Gasteiger partial charge in [-0.3, -0.25) is 0 Å². The molecule has 4 unspecified atom stereocenters. The molecule has 0 aliphatic heterocycles. The van der Waals surface area contributed by atoms with Gasteiger partial charge in [0, 0.05) is 7.11 Å². The predicted molar refractivity (Wildman–Crippen MR) is 65.2 cm³/mol. The van der Waals surface area contributed by atoms with Crippen LogP contribution in [0.25, 0.3) is 0 Å². The molecule has 16 heavy (non-hydrogen) atoms. The Bertz CT molecular complexity index is 215. The minimum Gasteiger partial charge on any atom is -0.390 e. The third-order valence-corrected chi connectivity index (χ3v) is 4.39. The summed E-state index contributed by atoms with van der Waals surface area (Å²) < 4.78 is 5.51. The number of rotatable bonds is 4. The van der Waals surface area contributed by atoms with Crippen molar-refractivity contribution in [3.8, 4) is 0 Å². The van der Waals surface area contributed by atoms with Gasteiger partial charge in [-0.2, -0.15) is 0 Å². The van der Waals surface area contributed by atoms with E-state index in [-0.39, 0.29) is 12.2 Å². The molecule has 0 saturated heterocycles. The van der Waals surface area contributed by atoms with Crippen molar-refractivity contribution < 1.29 is 9.84 Å². The summed E-state index contributed by atoms with van der Waals surface area (Å²) in [5.74, 6) is 2.62. The van der Waals surface area contributed by atoms with Gasteiger partial charge in [-0.1, -0.05) is 13.8 Å². The van der Waals surface area contributed by atoms with Crippen LogP contribution < -0.4 is 0 Å². The third-order valence-electron chi connectivity index (χ3n) is 4.39. The molecular weight excluding hydrogens is 200 g/mol. The van der Waals surface area contributed by atoms with Crippen molar-refractivity contribution in [1.82, 2.24) is 0 Å². The van der Waals surface area contributed by atoms with Gasteiger partial charge in [0.25, 0.3) is 0 Å². The van der Waals surface area contributed by atoms with Crippen LogP contribution >= 0.6 is 0 Å². The number of aliphatic hydroxyl groups excluding tert-OH is 1. The van der Waals surface area contributed by atoms with Crippen molar-refractivity contribution in [2.24, 2.45) is 23.7 Å². The second-order valence-corrected chi connectivity index (χ2v) is 6.21. The number of hydrogen-bond donors (Lipinski definition) is 1. The van der Waals surface area contributed by atoms with Crippen LogP contribution in [0.2, 0.25) is 0 Å². The molecule has 0 radical (unpaired) electrons. The Labute approximate surface area is 99.4 Å². The zero-order valence-corrected chi connectivity index (χ0v) is 10.9. The molecule has 2 nitrogen and oxygen atoms in total. The molecule has 2 heteroatoms. The average molecular weight is 226 g/mol. The molecule has 2 aliphatic rings. The van der Waals surface area contributed by atoms with Crippen LogP contribution in [0.15, 0.2) is 0 Å². The molecule has 0 aromatic carbocycles. The first-order chi connectivity index (χ1) is 7.61. The minimum absolute atomic E-state index is 0.0995. The summed E-state index contributed by atoms with van der Waals surface area (Å²) in [6, 6.07) is 0. The minimum atomic E-state index is -0.234. The number of ether oxygens (including phenoxy) is 1. The molecule has 2 aliphatic carbocycles. The summed E-state index contributed by atoms with van der Waals surface area (Å²) in [6.45, 7) is 4.63. The summed E-state index contributed by atoms with van der Waals surface area (Å²) in [4.78, 5) is 0. The second-order valence-electron chi connectivity index (χ2n) is 6.21. The van der Waals surface area contributed by atoms with E-state index in [0.717, 1.165) is 11.8 Å². The van der Waals surface area contributed by atoms with Crippen LogP contribution in [0.1, 0.15) is 46.0 Å². The number of hydrogen-bond acceptors (Lipinski definition) is 2. The molecule has 1 N–H and O–H groups in total. The van der Waals surface area contributed by atoms with Crippen LogP contribution in [-0.4, -0.2) is 24.4 Å². The van der Waals surface area contributed by atoms with Crippen molar-refractivity contribution in [1.29, 1.82) is 0 Å². The Balaban J connectivity index is 1.93. The molecule has 0 amide bonds. The first kappa shape index (κ1) is 12.4. The predicted octanol–water partition coefficient (Wildman–Crippen LogP) is 2.84. The lowest BCUT2D eigenvalue weighted by Crippen LogP contribution is -2.39. The van der Waals surface area contributed by atoms with E-state index in [9.17, 15) is 5.11 Å². The first-order valence-corrected chi connectivity index (χ1v) is 6.82. The Morgan fingerprint density at radius 1 is 1.00 bits per heavy atom. The largest absolute Gasteiger partial charge is 0.390 e. The van der Waals surface area contributed by atoms with Crippen molar-refractivity contribution in [3.05, 3.63) is 0 Å². The molecule has 0 heterocycles. The fraction of sp³-hybridized carbons (Fsp3) is 1.00. The summed E-state index contributed by atoms with van der Waals surface area (Å²) in [5.41, 5.74) is 0. The third kappa shape index (κ3) is 2.78. The van der Waals surface area contributed by atoms with E-state index in [0.29, 0.717) is 11.8 Å². The van der Waals surface area contributed by atoms with Crippen LogP contribution in [0.5, 0.6) is 0 Å². The maximum absolute atomic E-state index is 10.5. The molecule has 0 spiro atoms. The highest BCUT2D eigenvalue weighted by molar-refractivity contribution is 4.91. The van der Waals surface area contributed by atoms with Gasteiger partial charge < -0.3 is 9.84 Å². The van der Waals surface area contributed by atoms with Crippen molar-refractivity contribution in [3.63, 3.8) is 0 Å². The quantitative estimate of drug-likeness (QED) is 0.798. The fourth-order valence-corrected chi connectivity index (χ4v) is 3.59. The highest BCUT2D eigenvalue weighted by Gasteiger charge is 2.41. The van der Waals surface area contributed by atoms with Crippen molar-refractivity contribution >= 4 is 0 Å². The summed E-state index contributed by atoms with van der Waals surface area (Å²) in [7, 11) is 1.75. The van der Waals surface area contributed by atoms with E-state index in [1.54, 1.807) is 7.11 Å². The van der Waals surface area contributed by atoms with Gasteiger partial charge in [-0.25, -0.2) is 0 Å². The van der Waals surface area contributed by atoms with E-state index >= 15 is 0 Å². The lowest BCUT2D eigenvalue weighted by molar-refractivity contribution is -0.0678. The summed E-state index contributed by atoms with van der Waals surface area (Å²) in [5, 5.41) is 10.5. The highest BCUT2D eigenvalue weighted by Crippen LogP contribution is 2.41. The van der Waals surface area contributed by atoms with Gasteiger partial charge in [0.05, 0.1) is 12.2 Å². The maximum Gasteiger partial charge on any atom is 0.0860 e. The summed E-state index contributed by atoms with van der Waals surface area (Å²) in [6.07, 6.45) is 6.03.